The summed E-state index contributed by atoms with van der Waals surface area (Å²) in [6.45, 7) is 3.77. The monoisotopic (exact) mass is 421 g/mol. The molecule has 30 heavy (non-hydrogen) atoms. The van der Waals surface area contributed by atoms with Gasteiger partial charge in [0.15, 0.2) is 11.5 Å². The van der Waals surface area contributed by atoms with Crippen molar-refractivity contribution in [2.45, 2.75) is 38.8 Å². The Morgan fingerprint density at radius 2 is 1.77 bits per heavy atom. The summed E-state index contributed by atoms with van der Waals surface area (Å²) in [5.74, 6) is 1.58. The second-order valence-corrected chi connectivity index (χ2v) is 8.32. The summed E-state index contributed by atoms with van der Waals surface area (Å²) >= 11 is 1.50. The summed E-state index contributed by atoms with van der Waals surface area (Å²) in [6, 6.07) is 20.2. The van der Waals surface area contributed by atoms with E-state index >= 15 is 0 Å². The molecule has 2 heterocycles. The molecule has 0 radical (unpaired) electrons. The number of thiophene rings is 1. The second kappa shape index (κ2) is 9.81. The van der Waals surface area contributed by atoms with Gasteiger partial charge in [-0.1, -0.05) is 42.5 Å². The number of carbonyl (C=O) groups is 1. The number of hydrogen-bond donors (Lipinski definition) is 0. The standard InChI is InChI=1S/C25H27NO3S/c1-2-28-22-13-6-7-14-23(22)29-17-19-16-24(30-18-19)25(27)26-15-9-8-12-21(26)20-10-4-3-5-11-20/h3-7,10-11,13-14,16,18,21H,2,8-9,12,15,17H2,1H3. The number of ether oxygens (including phenoxy) is 2. The van der Waals surface area contributed by atoms with E-state index in [1.54, 1.807) is 0 Å². The van der Waals surface area contributed by atoms with Gasteiger partial charge >= 0.3 is 0 Å². The highest BCUT2D eigenvalue weighted by molar-refractivity contribution is 7.12. The number of piperidine rings is 1. The molecule has 1 unspecified atom stereocenters. The molecular weight excluding hydrogens is 394 g/mol. The molecule has 5 heteroatoms. The Labute approximate surface area is 182 Å². The minimum Gasteiger partial charge on any atom is -0.490 e. The fourth-order valence-corrected chi connectivity index (χ4v) is 4.76. The van der Waals surface area contributed by atoms with E-state index in [2.05, 4.69) is 12.1 Å². The van der Waals surface area contributed by atoms with Crippen LogP contribution in [0.25, 0.3) is 0 Å². The van der Waals surface area contributed by atoms with E-state index in [1.807, 2.05) is 65.7 Å². The second-order valence-electron chi connectivity index (χ2n) is 7.41. The van der Waals surface area contributed by atoms with Gasteiger partial charge in [-0.2, -0.15) is 0 Å². The highest BCUT2D eigenvalue weighted by Crippen LogP contribution is 2.33. The highest BCUT2D eigenvalue weighted by Gasteiger charge is 2.29. The first-order valence-electron chi connectivity index (χ1n) is 10.5. The predicted octanol–water partition coefficient (Wildman–Crippen LogP) is 6.09. The fourth-order valence-electron chi connectivity index (χ4n) is 3.91. The fraction of sp³-hybridized carbons (Fsp3) is 0.320. The van der Waals surface area contributed by atoms with Crippen LogP contribution < -0.4 is 9.47 Å². The van der Waals surface area contributed by atoms with Crippen LogP contribution in [0.2, 0.25) is 0 Å². The molecule has 1 aliphatic heterocycles. The molecule has 1 saturated heterocycles. The maximum Gasteiger partial charge on any atom is 0.264 e. The summed E-state index contributed by atoms with van der Waals surface area (Å²) in [4.78, 5) is 16.1. The molecule has 1 atom stereocenters. The molecule has 0 aliphatic carbocycles. The van der Waals surface area contributed by atoms with Crippen LogP contribution >= 0.6 is 11.3 Å². The van der Waals surface area contributed by atoms with Crippen LogP contribution in [0.5, 0.6) is 11.5 Å². The number of amides is 1. The van der Waals surface area contributed by atoms with Gasteiger partial charge in [0.25, 0.3) is 5.91 Å². The lowest BCUT2D eigenvalue weighted by molar-refractivity contribution is 0.0616. The smallest absolute Gasteiger partial charge is 0.264 e. The number of likely N-dealkylation sites (tertiary alicyclic amines) is 1. The van der Waals surface area contributed by atoms with E-state index in [0.29, 0.717) is 13.2 Å². The van der Waals surface area contributed by atoms with Crippen LogP contribution in [-0.4, -0.2) is 24.0 Å². The zero-order chi connectivity index (χ0) is 20.8. The van der Waals surface area contributed by atoms with E-state index in [0.717, 1.165) is 47.7 Å². The highest BCUT2D eigenvalue weighted by atomic mass is 32.1. The van der Waals surface area contributed by atoms with Gasteiger partial charge in [0, 0.05) is 12.1 Å². The Morgan fingerprint density at radius 3 is 2.53 bits per heavy atom. The number of nitrogens with zero attached hydrogens (tertiary/aromatic N) is 1. The average molecular weight is 422 g/mol. The Balaban J connectivity index is 1.45. The molecule has 4 rings (SSSR count). The summed E-state index contributed by atoms with van der Waals surface area (Å²) in [5, 5.41) is 2.01. The molecule has 0 spiro atoms. The summed E-state index contributed by atoms with van der Waals surface area (Å²) < 4.78 is 11.6. The minimum absolute atomic E-state index is 0.120. The maximum atomic E-state index is 13.3. The molecule has 0 saturated carbocycles. The molecule has 3 aromatic rings. The van der Waals surface area contributed by atoms with Gasteiger partial charge in [-0.15, -0.1) is 11.3 Å². The first-order chi connectivity index (χ1) is 14.8. The third-order valence-electron chi connectivity index (χ3n) is 5.36. The number of para-hydroxylation sites is 2. The van der Waals surface area contributed by atoms with Crippen molar-refractivity contribution in [2.75, 3.05) is 13.2 Å². The van der Waals surface area contributed by atoms with Crippen molar-refractivity contribution in [1.82, 2.24) is 4.90 Å². The Morgan fingerprint density at radius 1 is 1.03 bits per heavy atom. The van der Waals surface area contributed by atoms with Crippen LogP contribution in [0.15, 0.2) is 66.0 Å². The molecule has 1 aliphatic rings. The molecule has 1 amide bonds. The predicted molar refractivity (Wildman–Crippen MR) is 120 cm³/mol. The van der Waals surface area contributed by atoms with Gasteiger partial charge in [-0.05, 0) is 55.3 Å². The SMILES string of the molecule is CCOc1ccccc1OCc1csc(C(=O)N2CCCCC2c2ccccc2)c1. The van der Waals surface area contributed by atoms with E-state index in [-0.39, 0.29) is 11.9 Å². The van der Waals surface area contributed by atoms with Crippen molar-refractivity contribution >= 4 is 17.2 Å². The quantitative estimate of drug-likeness (QED) is 0.463. The lowest BCUT2D eigenvalue weighted by atomic mass is 9.95. The Bertz CT molecular complexity index is 969. The van der Waals surface area contributed by atoms with Crippen molar-refractivity contribution in [3.05, 3.63) is 82.0 Å². The molecule has 2 aromatic carbocycles. The van der Waals surface area contributed by atoms with Crippen molar-refractivity contribution < 1.29 is 14.3 Å². The van der Waals surface area contributed by atoms with Gasteiger partial charge in [-0.25, -0.2) is 0 Å². The van der Waals surface area contributed by atoms with Crippen LogP contribution in [0, 0.1) is 0 Å². The zero-order valence-corrected chi connectivity index (χ0v) is 18.1. The summed E-state index contributed by atoms with van der Waals surface area (Å²) in [6.07, 6.45) is 3.24. The van der Waals surface area contributed by atoms with E-state index < -0.39 is 0 Å². The zero-order valence-electron chi connectivity index (χ0n) is 17.3. The molecule has 156 valence electrons. The number of carbonyl (C=O) groups excluding carboxylic acids is 1. The van der Waals surface area contributed by atoms with E-state index in [4.69, 9.17) is 9.47 Å². The largest absolute Gasteiger partial charge is 0.490 e. The van der Waals surface area contributed by atoms with Crippen molar-refractivity contribution in [1.29, 1.82) is 0 Å². The summed E-state index contributed by atoms with van der Waals surface area (Å²) in [5.41, 5.74) is 2.22. The van der Waals surface area contributed by atoms with Crippen LogP contribution in [-0.2, 0) is 6.61 Å². The number of benzene rings is 2. The first kappa shape index (κ1) is 20.5. The number of rotatable bonds is 7. The molecule has 0 N–H and O–H groups in total. The van der Waals surface area contributed by atoms with E-state index in [9.17, 15) is 4.79 Å². The Hall–Kier alpha value is -2.79. The van der Waals surface area contributed by atoms with Crippen LogP contribution in [0.3, 0.4) is 0 Å². The minimum atomic E-state index is 0.120. The summed E-state index contributed by atoms with van der Waals surface area (Å²) in [7, 11) is 0. The van der Waals surface area contributed by atoms with Gasteiger partial charge in [0.05, 0.1) is 17.5 Å². The molecule has 4 nitrogen and oxygen atoms in total. The van der Waals surface area contributed by atoms with Crippen molar-refractivity contribution in [3.63, 3.8) is 0 Å². The Kier molecular flexibility index (Phi) is 6.70. The van der Waals surface area contributed by atoms with Gasteiger partial charge in [0.2, 0.25) is 0 Å². The first-order valence-corrected chi connectivity index (χ1v) is 11.4. The van der Waals surface area contributed by atoms with Crippen molar-refractivity contribution in [3.8, 4) is 11.5 Å². The van der Waals surface area contributed by atoms with E-state index in [1.165, 1.54) is 16.9 Å². The third-order valence-corrected chi connectivity index (χ3v) is 6.32. The van der Waals surface area contributed by atoms with Gasteiger partial charge in [0.1, 0.15) is 6.61 Å². The van der Waals surface area contributed by atoms with Crippen molar-refractivity contribution in [2.24, 2.45) is 0 Å². The topological polar surface area (TPSA) is 38.8 Å². The van der Waals surface area contributed by atoms with Crippen LogP contribution in [0.4, 0.5) is 0 Å². The number of hydrogen-bond acceptors (Lipinski definition) is 4. The third kappa shape index (κ3) is 4.68. The molecule has 1 fully saturated rings. The maximum absolute atomic E-state index is 13.3. The van der Waals surface area contributed by atoms with Gasteiger partial charge in [-0.3, -0.25) is 4.79 Å². The molecule has 0 bridgehead atoms. The molecular formula is C25H27NO3S. The molecule has 1 aromatic heterocycles. The van der Waals surface area contributed by atoms with Crippen LogP contribution in [0.1, 0.15) is 53.0 Å². The average Bonchev–Trinajstić information content (AvgIpc) is 3.28. The lowest BCUT2D eigenvalue weighted by Crippen LogP contribution is -2.38. The normalized spacial score (nSPS) is 16.3. The lowest BCUT2D eigenvalue weighted by Gasteiger charge is -2.36. The van der Waals surface area contributed by atoms with Gasteiger partial charge < -0.3 is 14.4 Å².